The number of hydrogen-bond acceptors (Lipinski definition) is 6. The molecule has 6 heteroatoms. The maximum atomic E-state index is 12.8. The lowest BCUT2D eigenvalue weighted by Gasteiger charge is -2.18. The molecule has 0 aromatic heterocycles. The summed E-state index contributed by atoms with van der Waals surface area (Å²) < 4.78 is 16.9. The Morgan fingerprint density at radius 1 is 0.306 bits per heavy atom. The van der Waals surface area contributed by atoms with E-state index in [1.165, 1.54) is 212 Å². The summed E-state index contributed by atoms with van der Waals surface area (Å²) in [5, 5.41) is 0. The van der Waals surface area contributed by atoms with Crippen LogP contribution in [-0.2, 0) is 28.6 Å². The topological polar surface area (TPSA) is 78.9 Å². The Labute approximate surface area is 387 Å². The Balaban J connectivity index is 4.27. The van der Waals surface area contributed by atoms with E-state index in [9.17, 15) is 14.4 Å². The first-order valence-corrected chi connectivity index (χ1v) is 27.9. The van der Waals surface area contributed by atoms with Crippen LogP contribution in [0.4, 0.5) is 0 Å². The normalized spacial score (nSPS) is 12.0. The number of carbonyl (C=O) groups is 3. The van der Waals surface area contributed by atoms with Gasteiger partial charge in [-0.2, -0.15) is 0 Å². The molecule has 0 heterocycles. The minimum Gasteiger partial charge on any atom is -0.462 e. The molecular formula is C56H108O6. The summed E-state index contributed by atoms with van der Waals surface area (Å²) >= 11 is 0. The summed E-state index contributed by atoms with van der Waals surface area (Å²) in [4.78, 5) is 38.0. The Hall–Kier alpha value is -1.59. The third-order valence-electron chi connectivity index (χ3n) is 12.8. The van der Waals surface area contributed by atoms with E-state index in [4.69, 9.17) is 14.2 Å². The number of ether oxygens (including phenoxy) is 3. The predicted octanol–water partition coefficient (Wildman–Crippen LogP) is 18.2. The first-order chi connectivity index (χ1) is 30.4. The maximum Gasteiger partial charge on any atom is 0.306 e. The van der Waals surface area contributed by atoms with E-state index in [2.05, 4.69) is 27.7 Å². The fraction of sp³-hybridized carbons (Fsp3) is 0.946. The molecule has 0 amide bonds. The molecule has 0 rings (SSSR count). The van der Waals surface area contributed by atoms with Gasteiger partial charge in [-0.05, 0) is 25.2 Å². The quantitative estimate of drug-likeness (QED) is 0.0344. The molecule has 0 unspecified atom stereocenters. The van der Waals surface area contributed by atoms with Gasteiger partial charge in [-0.15, -0.1) is 0 Å². The van der Waals surface area contributed by atoms with E-state index in [0.717, 1.165) is 63.7 Å². The molecule has 6 nitrogen and oxygen atoms in total. The van der Waals surface area contributed by atoms with Crippen molar-refractivity contribution >= 4 is 17.9 Å². The van der Waals surface area contributed by atoms with Crippen molar-refractivity contribution < 1.29 is 28.6 Å². The summed E-state index contributed by atoms with van der Waals surface area (Å²) in [6.07, 6.45) is 53.8. The highest BCUT2D eigenvalue weighted by Crippen LogP contribution is 2.18. The molecule has 368 valence electrons. The van der Waals surface area contributed by atoms with Gasteiger partial charge in [0.1, 0.15) is 13.2 Å². The van der Waals surface area contributed by atoms with Gasteiger partial charge in [-0.3, -0.25) is 14.4 Å². The first-order valence-electron chi connectivity index (χ1n) is 27.9. The molecule has 0 radical (unpaired) electrons. The molecule has 0 spiro atoms. The zero-order chi connectivity index (χ0) is 45.2. The van der Waals surface area contributed by atoms with Gasteiger partial charge in [0.25, 0.3) is 0 Å². The van der Waals surface area contributed by atoms with Gasteiger partial charge in [-0.25, -0.2) is 0 Å². The molecule has 0 N–H and O–H groups in total. The highest BCUT2D eigenvalue weighted by Gasteiger charge is 2.19. The van der Waals surface area contributed by atoms with Gasteiger partial charge in [0.2, 0.25) is 0 Å². The Morgan fingerprint density at radius 2 is 0.532 bits per heavy atom. The van der Waals surface area contributed by atoms with E-state index in [0.29, 0.717) is 19.3 Å². The molecular weight excluding hydrogens is 769 g/mol. The molecule has 0 aliphatic rings. The fourth-order valence-electron chi connectivity index (χ4n) is 8.57. The largest absolute Gasteiger partial charge is 0.462 e. The van der Waals surface area contributed by atoms with Crippen LogP contribution in [0.2, 0.25) is 0 Å². The average molecular weight is 877 g/mol. The zero-order valence-electron chi connectivity index (χ0n) is 42.3. The standard InChI is InChI=1S/C56H108O6/c1-5-7-9-11-13-15-17-19-20-21-22-23-25-27-32-36-40-44-48-55(58)61-51-53(62-56(59)49-45-41-37-33-29-28-30-34-38-42-46-52(3)4)50-60-54(57)47-43-39-35-31-26-24-18-16-14-12-10-8-6-2/h52-53H,5-51H2,1-4H3/t53-/m1/s1. The highest BCUT2D eigenvalue weighted by atomic mass is 16.6. The smallest absolute Gasteiger partial charge is 0.306 e. The van der Waals surface area contributed by atoms with E-state index in [1.807, 2.05) is 0 Å². The Morgan fingerprint density at radius 3 is 0.790 bits per heavy atom. The van der Waals surface area contributed by atoms with Crippen LogP contribution in [0.25, 0.3) is 0 Å². The second-order valence-electron chi connectivity index (χ2n) is 19.7. The summed E-state index contributed by atoms with van der Waals surface area (Å²) in [5.74, 6) is -0.0234. The third-order valence-corrected chi connectivity index (χ3v) is 12.8. The van der Waals surface area contributed by atoms with Gasteiger partial charge < -0.3 is 14.2 Å². The lowest BCUT2D eigenvalue weighted by atomic mass is 10.0. The van der Waals surface area contributed by atoms with E-state index < -0.39 is 6.10 Å². The van der Waals surface area contributed by atoms with Crippen molar-refractivity contribution in [3.8, 4) is 0 Å². The molecule has 0 aromatic rings. The molecule has 0 aliphatic carbocycles. The number of rotatable bonds is 51. The Kier molecular flexibility index (Phi) is 49.1. The van der Waals surface area contributed by atoms with Gasteiger partial charge in [-0.1, -0.05) is 278 Å². The van der Waals surface area contributed by atoms with Gasteiger partial charge in [0, 0.05) is 19.3 Å². The molecule has 0 fully saturated rings. The molecule has 0 bridgehead atoms. The third kappa shape index (κ3) is 49.4. The average Bonchev–Trinajstić information content (AvgIpc) is 3.26. The van der Waals surface area contributed by atoms with Crippen molar-refractivity contribution in [2.24, 2.45) is 5.92 Å². The van der Waals surface area contributed by atoms with Crippen LogP contribution in [-0.4, -0.2) is 37.2 Å². The summed E-state index contributed by atoms with van der Waals surface area (Å²) in [6.45, 7) is 9.03. The van der Waals surface area contributed by atoms with E-state index >= 15 is 0 Å². The summed E-state index contributed by atoms with van der Waals surface area (Å²) in [7, 11) is 0. The first kappa shape index (κ1) is 60.4. The molecule has 0 saturated heterocycles. The monoisotopic (exact) mass is 877 g/mol. The number of esters is 3. The van der Waals surface area contributed by atoms with Crippen LogP contribution in [0.5, 0.6) is 0 Å². The molecule has 0 saturated carbocycles. The van der Waals surface area contributed by atoms with Gasteiger partial charge in [0.15, 0.2) is 6.10 Å². The SMILES string of the molecule is CCCCCCCCCCCCCCCCCCCCC(=O)OC[C@@H](COC(=O)CCCCCCCCCCCCCCC)OC(=O)CCCCCCCCCCCCC(C)C. The number of hydrogen-bond donors (Lipinski definition) is 0. The molecule has 0 aliphatic heterocycles. The highest BCUT2D eigenvalue weighted by molar-refractivity contribution is 5.71. The van der Waals surface area contributed by atoms with Crippen LogP contribution in [0.15, 0.2) is 0 Å². The van der Waals surface area contributed by atoms with E-state index in [1.54, 1.807) is 0 Å². The molecule has 0 aromatic carbocycles. The number of carbonyl (C=O) groups excluding carboxylic acids is 3. The summed E-state index contributed by atoms with van der Waals surface area (Å²) in [6, 6.07) is 0. The van der Waals surface area contributed by atoms with Gasteiger partial charge >= 0.3 is 17.9 Å². The van der Waals surface area contributed by atoms with Crippen LogP contribution in [0, 0.1) is 5.92 Å². The van der Waals surface area contributed by atoms with E-state index in [-0.39, 0.29) is 31.1 Å². The maximum absolute atomic E-state index is 12.8. The second-order valence-corrected chi connectivity index (χ2v) is 19.7. The second kappa shape index (κ2) is 50.4. The minimum absolute atomic E-state index is 0.0624. The van der Waals surface area contributed by atoms with Crippen molar-refractivity contribution in [2.75, 3.05) is 13.2 Å². The lowest BCUT2D eigenvalue weighted by Crippen LogP contribution is -2.30. The van der Waals surface area contributed by atoms with Gasteiger partial charge in [0.05, 0.1) is 0 Å². The van der Waals surface area contributed by atoms with Crippen molar-refractivity contribution in [1.29, 1.82) is 0 Å². The summed E-state index contributed by atoms with van der Waals surface area (Å²) in [5.41, 5.74) is 0. The van der Waals surface area contributed by atoms with Crippen LogP contribution >= 0.6 is 0 Å². The van der Waals surface area contributed by atoms with Crippen molar-refractivity contribution in [3.05, 3.63) is 0 Å². The molecule has 1 atom stereocenters. The zero-order valence-corrected chi connectivity index (χ0v) is 42.3. The van der Waals surface area contributed by atoms with Crippen LogP contribution < -0.4 is 0 Å². The van der Waals surface area contributed by atoms with Crippen molar-refractivity contribution in [2.45, 2.75) is 323 Å². The van der Waals surface area contributed by atoms with Crippen molar-refractivity contribution in [3.63, 3.8) is 0 Å². The predicted molar refractivity (Wildman–Crippen MR) is 266 cm³/mol. The lowest BCUT2D eigenvalue weighted by molar-refractivity contribution is -0.167. The molecule has 62 heavy (non-hydrogen) atoms. The van der Waals surface area contributed by atoms with Crippen LogP contribution in [0.3, 0.4) is 0 Å². The Bertz CT molecular complexity index is 933. The van der Waals surface area contributed by atoms with Crippen LogP contribution in [0.1, 0.15) is 317 Å². The van der Waals surface area contributed by atoms with Crippen molar-refractivity contribution in [1.82, 2.24) is 0 Å². The fourth-order valence-corrected chi connectivity index (χ4v) is 8.57. The minimum atomic E-state index is -0.761. The number of unbranched alkanes of at least 4 members (excludes halogenated alkanes) is 38.